The fraction of sp³-hybridized carbons (Fsp3) is 0.438. The van der Waals surface area contributed by atoms with Gasteiger partial charge in [0.25, 0.3) is 0 Å². The van der Waals surface area contributed by atoms with Gasteiger partial charge in [-0.3, -0.25) is 4.57 Å². The highest BCUT2D eigenvalue weighted by Crippen LogP contribution is 2.50. The summed E-state index contributed by atoms with van der Waals surface area (Å²) in [6.45, 7) is 5.68. The molecule has 2 N–H and O–H groups in total. The van der Waals surface area contributed by atoms with E-state index in [1.54, 1.807) is 6.16 Å². The predicted molar refractivity (Wildman–Crippen MR) is 90.0 cm³/mol. The van der Waals surface area contributed by atoms with Crippen LogP contribution in [0.5, 0.6) is 0 Å². The van der Waals surface area contributed by atoms with Crippen LogP contribution in [0.25, 0.3) is 10.9 Å². The van der Waals surface area contributed by atoms with E-state index in [0.717, 1.165) is 18.5 Å². The van der Waals surface area contributed by atoms with Gasteiger partial charge < -0.3 is 19.3 Å². The number of para-hydroxylation sites is 1. The minimum absolute atomic E-state index is 0.378. The minimum Gasteiger partial charge on any atom is -0.361 e. The van der Waals surface area contributed by atoms with Gasteiger partial charge in [0, 0.05) is 23.6 Å². The van der Waals surface area contributed by atoms with Gasteiger partial charge in [0.1, 0.15) is 0 Å². The topological polar surface area (TPSA) is 63.3 Å². The van der Waals surface area contributed by atoms with Crippen LogP contribution < -0.4 is 5.32 Å². The molecule has 0 spiro atoms. The Kier molecular flexibility index (Phi) is 6.65. The Labute approximate surface area is 131 Å². The van der Waals surface area contributed by atoms with E-state index in [9.17, 15) is 4.57 Å². The molecular weight excluding hydrogens is 299 g/mol. The smallest absolute Gasteiger partial charge is 0.335 e. The zero-order valence-corrected chi connectivity index (χ0v) is 14.1. The predicted octanol–water partition coefficient (Wildman–Crippen LogP) is 3.73. The molecule has 2 aromatic rings. The van der Waals surface area contributed by atoms with Crippen molar-refractivity contribution in [3.63, 3.8) is 0 Å². The molecule has 0 bridgehead atoms. The summed E-state index contributed by atoms with van der Waals surface area (Å²) in [7, 11) is -3.05. The second kappa shape index (κ2) is 8.49. The maximum Gasteiger partial charge on any atom is 0.335 e. The van der Waals surface area contributed by atoms with Crippen LogP contribution in [0.15, 0.2) is 30.5 Å². The summed E-state index contributed by atoms with van der Waals surface area (Å²) in [5, 5.41) is 4.51. The summed E-state index contributed by atoms with van der Waals surface area (Å²) in [5.41, 5.74) is 2.43. The number of rotatable bonds is 10. The number of fused-ring (bicyclic) bond motifs is 1. The van der Waals surface area contributed by atoms with Gasteiger partial charge in [-0.25, -0.2) is 0 Å². The van der Waals surface area contributed by atoms with Crippen molar-refractivity contribution >= 4 is 18.5 Å². The monoisotopic (exact) mass is 323 g/mol. The van der Waals surface area contributed by atoms with E-state index in [2.05, 4.69) is 22.4 Å². The first kappa shape index (κ1) is 17.2. The molecule has 1 heterocycles. The third kappa shape index (κ3) is 4.68. The Morgan fingerprint density at radius 2 is 1.95 bits per heavy atom. The van der Waals surface area contributed by atoms with E-state index in [4.69, 9.17) is 9.05 Å². The summed E-state index contributed by atoms with van der Waals surface area (Å²) < 4.78 is 22.7. The minimum atomic E-state index is -3.05. The van der Waals surface area contributed by atoms with Crippen LogP contribution in [-0.4, -0.2) is 31.3 Å². The summed E-state index contributed by atoms with van der Waals surface area (Å²) in [4.78, 5) is 3.27. The molecule has 0 aliphatic carbocycles. The van der Waals surface area contributed by atoms with Crippen molar-refractivity contribution in [1.82, 2.24) is 10.3 Å². The Hall–Kier alpha value is -1.13. The van der Waals surface area contributed by atoms with Gasteiger partial charge in [0.15, 0.2) is 0 Å². The number of H-pyrrole nitrogens is 1. The third-order valence-electron chi connectivity index (χ3n) is 3.32. The molecule has 1 aromatic heterocycles. The molecule has 0 saturated carbocycles. The van der Waals surface area contributed by atoms with E-state index in [0.29, 0.717) is 19.8 Å². The molecule has 0 atom stereocenters. The van der Waals surface area contributed by atoms with Gasteiger partial charge in [0.05, 0.1) is 19.4 Å². The average Bonchev–Trinajstić information content (AvgIpc) is 2.91. The van der Waals surface area contributed by atoms with Gasteiger partial charge in [-0.2, -0.15) is 0 Å². The number of hydrogen-bond donors (Lipinski definition) is 2. The number of aromatic amines is 1. The van der Waals surface area contributed by atoms with Crippen molar-refractivity contribution in [1.29, 1.82) is 0 Å². The van der Waals surface area contributed by atoms with Crippen molar-refractivity contribution in [2.24, 2.45) is 0 Å². The standard InChI is InChI=1S/C16H24N2O3P/c1-3-20-22(19,21-4-2)12-11-17-10-9-14-13-18-16-8-6-5-7-15(14)16/h5-8,12-13,17-18H,3-4,9-11H2,1-2H3. The van der Waals surface area contributed by atoms with E-state index in [1.165, 1.54) is 10.9 Å². The van der Waals surface area contributed by atoms with E-state index in [-0.39, 0.29) is 0 Å². The molecule has 0 amide bonds. The molecule has 1 radical (unpaired) electrons. The Balaban J connectivity index is 1.76. The van der Waals surface area contributed by atoms with Gasteiger partial charge >= 0.3 is 7.60 Å². The molecule has 0 aliphatic rings. The maximum absolute atomic E-state index is 12.2. The van der Waals surface area contributed by atoms with Crippen LogP contribution in [0.4, 0.5) is 0 Å². The molecule has 0 saturated heterocycles. The lowest BCUT2D eigenvalue weighted by atomic mass is 10.1. The number of nitrogens with one attached hydrogen (secondary N) is 2. The molecule has 0 aliphatic heterocycles. The van der Waals surface area contributed by atoms with Crippen LogP contribution in [0.1, 0.15) is 19.4 Å². The molecule has 22 heavy (non-hydrogen) atoms. The SMILES string of the molecule is CCOP(=O)([CH]CNCCc1c[nH]c2ccccc12)OCC. The highest BCUT2D eigenvalue weighted by Gasteiger charge is 2.22. The van der Waals surface area contributed by atoms with E-state index in [1.807, 2.05) is 32.2 Å². The zero-order valence-electron chi connectivity index (χ0n) is 13.2. The molecule has 0 unspecified atom stereocenters. The number of aromatic nitrogens is 1. The van der Waals surface area contributed by atoms with Crippen LogP contribution >= 0.6 is 7.60 Å². The lowest BCUT2D eigenvalue weighted by Crippen LogP contribution is -2.19. The van der Waals surface area contributed by atoms with E-state index < -0.39 is 7.60 Å². The molecule has 0 fully saturated rings. The van der Waals surface area contributed by atoms with Crippen molar-refractivity contribution in [3.05, 3.63) is 42.2 Å². The Morgan fingerprint density at radius 1 is 1.23 bits per heavy atom. The molecule has 6 heteroatoms. The zero-order chi connectivity index (χ0) is 15.8. The lowest BCUT2D eigenvalue weighted by Gasteiger charge is -2.16. The Bertz CT molecular complexity index is 617. The van der Waals surface area contributed by atoms with Crippen LogP contribution in [0.2, 0.25) is 0 Å². The molecular formula is C16H24N2O3P. The molecule has 5 nitrogen and oxygen atoms in total. The number of hydrogen-bond acceptors (Lipinski definition) is 4. The first-order valence-electron chi connectivity index (χ1n) is 7.67. The van der Waals surface area contributed by atoms with Gasteiger partial charge in [-0.05, 0) is 38.4 Å². The summed E-state index contributed by atoms with van der Waals surface area (Å²) in [6, 6.07) is 8.25. The van der Waals surface area contributed by atoms with Crippen LogP contribution in [-0.2, 0) is 20.0 Å². The third-order valence-corrected chi connectivity index (χ3v) is 5.19. The highest BCUT2D eigenvalue weighted by atomic mass is 31.2. The quantitative estimate of drug-likeness (QED) is 0.516. The first-order valence-corrected chi connectivity index (χ1v) is 9.28. The largest absolute Gasteiger partial charge is 0.361 e. The van der Waals surface area contributed by atoms with Crippen LogP contribution in [0, 0.1) is 6.16 Å². The molecule has 1 aromatic carbocycles. The summed E-state index contributed by atoms with van der Waals surface area (Å²) in [6.07, 6.45) is 4.56. The average molecular weight is 323 g/mol. The molecule has 121 valence electrons. The van der Waals surface area contributed by atoms with Crippen molar-refractivity contribution in [2.75, 3.05) is 26.3 Å². The first-order chi connectivity index (χ1) is 10.7. The fourth-order valence-corrected chi connectivity index (χ4v) is 3.70. The fourth-order valence-electron chi connectivity index (χ4n) is 2.34. The second-order valence-electron chi connectivity index (χ2n) is 4.87. The van der Waals surface area contributed by atoms with Gasteiger partial charge in [-0.1, -0.05) is 18.2 Å². The molecule has 2 rings (SSSR count). The van der Waals surface area contributed by atoms with Crippen molar-refractivity contribution in [2.45, 2.75) is 20.3 Å². The number of benzene rings is 1. The van der Waals surface area contributed by atoms with Crippen molar-refractivity contribution < 1.29 is 13.6 Å². The van der Waals surface area contributed by atoms with Crippen LogP contribution in [0.3, 0.4) is 0 Å². The normalized spacial score (nSPS) is 12.1. The highest BCUT2D eigenvalue weighted by molar-refractivity contribution is 7.56. The summed E-state index contributed by atoms with van der Waals surface area (Å²) >= 11 is 0. The van der Waals surface area contributed by atoms with Gasteiger partial charge in [0.2, 0.25) is 0 Å². The maximum atomic E-state index is 12.2. The Morgan fingerprint density at radius 3 is 2.68 bits per heavy atom. The summed E-state index contributed by atoms with van der Waals surface area (Å²) in [5.74, 6) is 0. The van der Waals surface area contributed by atoms with Gasteiger partial charge in [-0.15, -0.1) is 0 Å². The van der Waals surface area contributed by atoms with E-state index >= 15 is 0 Å². The van der Waals surface area contributed by atoms with Crippen molar-refractivity contribution in [3.8, 4) is 0 Å². The lowest BCUT2D eigenvalue weighted by molar-refractivity contribution is 0.225. The second-order valence-corrected chi connectivity index (χ2v) is 6.83.